The topological polar surface area (TPSA) is 89.0 Å². The van der Waals surface area contributed by atoms with Crippen molar-refractivity contribution in [3.63, 3.8) is 0 Å². The first kappa shape index (κ1) is 19.2. The Balaban J connectivity index is 1.50. The lowest BCUT2D eigenvalue weighted by molar-refractivity contribution is 0.252. The zero-order valence-electron chi connectivity index (χ0n) is 15.4. The number of ether oxygens (including phenoxy) is 1. The summed E-state index contributed by atoms with van der Waals surface area (Å²) in [6.45, 7) is 4.75. The van der Waals surface area contributed by atoms with E-state index in [0.29, 0.717) is 29.8 Å². The van der Waals surface area contributed by atoms with Crippen LogP contribution in [0.2, 0.25) is 0 Å². The summed E-state index contributed by atoms with van der Waals surface area (Å²) in [5.41, 5.74) is 1.84. The number of hydrogen-bond acceptors (Lipinski definition) is 7. The Labute approximate surface area is 166 Å². The molecule has 0 saturated carbocycles. The monoisotopic (exact) mass is 403 g/mol. The number of thiazole rings is 1. The molecule has 2 heterocycles. The smallest absolute Gasteiger partial charge is 0.321 e. The number of nitrogens with one attached hydrogen (secondary N) is 2. The van der Waals surface area contributed by atoms with Crippen LogP contribution in [-0.2, 0) is 6.42 Å². The molecule has 27 heavy (non-hydrogen) atoms. The third-order valence-electron chi connectivity index (χ3n) is 3.70. The van der Waals surface area contributed by atoms with Crippen molar-refractivity contribution in [2.45, 2.75) is 26.2 Å². The number of hydrogen-bond donors (Lipinski definition) is 2. The summed E-state index contributed by atoms with van der Waals surface area (Å²) in [6, 6.07) is 7.18. The number of rotatable bonds is 7. The van der Waals surface area contributed by atoms with Crippen LogP contribution in [-0.4, -0.2) is 34.0 Å². The van der Waals surface area contributed by atoms with Crippen molar-refractivity contribution in [2.24, 2.45) is 0 Å². The molecule has 0 spiro atoms. The van der Waals surface area contributed by atoms with Crippen molar-refractivity contribution in [2.75, 3.05) is 19.0 Å². The highest BCUT2D eigenvalue weighted by Crippen LogP contribution is 2.24. The van der Waals surface area contributed by atoms with E-state index in [0.717, 1.165) is 33.5 Å². The molecule has 2 amide bonds. The van der Waals surface area contributed by atoms with Gasteiger partial charge in [0, 0.05) is 41.4 Å². The number of carbonyl (C=O) groups excluding carboxylic acids is 1. The molecule has 7 nitrogen and oxygen atoms in total. The lowest BCUT2D eigenvalue weighted by Crippen LogP contribution is -2.30. The second-order valence-corrected chi connectivity index (χ2v) is 7.76. The molecule has 0 bridgehead atoms. The van der Waals surface area contributed by atoms with E-state index >= 15 is 0 Å². The molecule has 0 unspecified atom stereocenters. The normalized spacial score (nSPS) is 10.8. The molecule has 1 aromatic carbocycles. The molecule has 2 N–H and O–H groups in total. The summed E-state index contributed by atoms with van der Waals surface area (Å²) in [5, 5.41) is 9.14. The minimum absolute atomic E-state index is 0.303. The van der Waals surface area contributed by atoms with Gasteiger partial charge in [0.1, 0.15) is 5.75 Å². The Morgan fingerprint density at radius 3 is 2.89 bits per heavy atom. The summed E-state index contributed by atoms with van der Waals surface area (Å²) in [5.74, 6) is 1.71. The van der Waals surface area contributed by atoms with Crippen LogP contribution in [0.4, 0.5) is 9.93 Å². The van der Waals surface area contributed by atoms with Gasteiger partial charge in [0.15, 0.2) is 5.82 Å². The van der Waals surface area contributed by atoms with Crippen molar-refractivity contribution < 1.29 is 9.53 Å². The SMILES string of the molecule is COc1cccc(-c2nsc(NC(=O)NCCc3csc(C(C)C)n3)n2)c1. The number of nitrogens with zero attached hydrogens (tertiary/aromatic N) is 3. The van der Waals surface area contributed by atoms with E-state index in [2.05, 4.69) is 38.8 Å². The Hall–Kier alpha value is -2.52. The average Bonchev–Trinajstić information content (AvgIpc) is 3.31. The molecular formula is C18H21N5O2S2. The fraction of sp³-hybridized carbons (Fsp3) is 0.333. The number of carbonyl (C=O) groups is 1. The molecule has 0 atom stereocenters. The fourth-order valence-corrected chi connectivity index (χ4v) is 3.76. The minimum atomic E-state index is -0.303. The molecule has 9 heteroatoms. The van der Waals surface area contributed by atoms with Crippen LogP contribution in [0.1, 0.15) is 30.5 Å². The van der Waals surface area contributed by atoms with Crippen LogP contribution >= 0.6 is 22.9 Å². The quantitative estimate of drug-likeness (QED) is 0.618. The highest BCUT2D eigenvalue weighted by molar-refractivity contribution is 7.10. The second-order valence-electron chi connectivity index (χ2n) is 6.12. The lowest BCUT2D eigenvalue weighted by Gasteiger charge is -2.04. The van der Waals surface area contributed by atoms with Gasteiger partial charge in [-0.2, -0.15) is 9.36 Å². The van der Waals surface area contributed by atoms with Gasteiger partial charge in [-0.1, -0.05) is 26.0 Å². The second kappa shape index (κ2) is 8.92. The van der Waals surface area contributed by atoms with Gasteiger partial charge < -0.3 is 10.1 Å². The molecule has 3 aromatic rings. The Kier molecular flexibility index (Phi) is 6.36. The highest BCUT2D eigenvalue weighted by Gasteiger charge is 2.11. The zero-order chi connectivity index (χ0) is 19.2. The van der Waals surface area contributed by atoms with E-state index in [1.807, 2.05) is 29.6 Å². The van der Waals surface area contributed by atoms with Crippen LogP contribution < -0.4 is 15.4 Å². The number of benzene rings is 1. The number of urea groups is 1. The first-order chi connectivity index (χ1) is 13.0. The molecule has 142 valence electrons. The van der Waals surface area contributed by atoms with Gasteiger partial charge in [0.25, 0.3) is 0 Å². The van der Waals surface area contributed by atoms with Crippen LogP contribution in [0, 0.1) is 0 Å². The van der Waals surface area contributed by atoms with E-state index in [-0.39, 0.29) is 6.03 Å². The minimum Gasteiger partial charge on any atom is -0.497 e. The van der Waals surface area contributed by atoms with E-state index in [9.17, 15) is 4.79 Å². The summed E-state index contributed by atoms with van der Waals surface area (Å²) < 4.78 is 9.49. The lowest BCUT2D eigenvalue weighted by atomic mass is 10.2. The van der Waals surface area contributed by atoms with Gasteiger partial charge in [-0.3, -0.25) is 5.32 Å². The van der Waals surface area contributed by atoms with Gasteiger partial charge in [0.05, 0.1) is 17.8 Å². The fourth-order valence-electron chi connectivity index (χ4n) is 2.30. The summed E-state index contributed by atoms with van der Waals surface area (Å²) in [4.78, 5) is 21.0. The predicted octanol–water partition coefficient (Wildman–Crippen LogP) is 4.16. The van der Waals surface area contributed by atoms with E-state index < -0.39 is 0 Å². The van der Waals surface area contributed by atoms with Gasteiger partial charge in [-0.05, 0) is 12.1 Å². The van der Waals surface area contributed by atoms with E-state index in [4.69, 9.17) is 4.74 Å². The van der Waals surface area contributed by atoms with Crippen LogP contribution in [0.5, 0.6) is 5.75 Å². The van der Waals surface area contributed by atoms with Crippen molar-refractivity contribution in [1.29, 1.82) is 0 Å². The summed E-state index contributed by atoms with van der Waals surface area (Å²) in [6.07, 6.45) is 0.696. The predicted molar refractivity (Wildman–Crippen MR) is 109 cm³/mol. The van der Waals surface area contributed by atoms with Gasteiger partial charge in [-0.25, -0.2) is 9.78 Å². The Morgan fingerprint density at radius 2 is 2.15 bits per heavy atom. The maximum Gasteiger partial charge on any atom is 0.321 e. The Bertz CT molecular complexity index is 907. The van der Waals surface area contributed by atoms with Crippen molar-refractivity contribution >= 4 is 34.0 Å². The summed E-state index contributed by atoms with van der Waals surface area (Å²) in [7, 11) is 1.61. The van der Waals surface area contributed by atoms with Gasteiger partial charge >= 0.3 is 6.03 Å². The Morgan fingerprint density at radius 1 is 1.30 bits per heavy atom. The third-order valence-corrected chi connectivity index (χ3v) is 5.53. The number of aromatic nitrogens is 3. The molecule has 0 aliphatic carbocycles. The molecule has 0 radical (unpaired) electrons. The van der Waals surface area contributed by atoms with Crippen molar-refractivity contribution in [3.05, 3.63) is 40.3 Å². The largest absolute Gasteiger partial charge is 0.497 e. The molecule has 0 saturated heterocycles. The van der Waals surface area contributed by atoms with E-state index in [1.54, 1.807) is 18.4 Å². The summed E-state index contributed by atoms with van der Waals surface area (Å²) >= 11 is 2.80. The third kappa shape index (κ3) is 5.24. The maximum absolute atomic E-state index is 12.0. The van der Waals surface area contributed by atoms with Crippen LogP contribution in [0.3, 0.4) is 0 Å². The van der Waals surface area contributed by atoms with Crippen molar-refractivity contribution in [3.8, 4) is 17.1 Å². The molecule has 0 aliphatic heterocycles. The molecular weight excluding hydrogens is 382 g/mol. The molecule has 0 fully saturated rings. The first-order valence-electron chi connectivity index (χ1n) is 8.52. The molecule has 0 aliphatic rings. The molecule has 3 rings (SSSR count). The number of methoxy groups -OCH3 is 1. The molecule has 2 aromatic heterocycles. The number of anilines is 1. The van der Waals surface area contributed by atoms with Gasteiger partial charge in [-0.15, -0.1) is 11.3 Å². The first-order valence-corrected chi connectivity index (χ1v) is 10.2. The maximum atomic E-state index is 12.0. The van der Waals surface area contributed by atoms with Crippen LogP contribution in [0.15, 0.2) is 29.6 Å². The highest BCUT2D eigenvalue weighted by atomic mass is 32.1. The van der Waals surface area contributed by atoms with Crippen molar-refractivity contribution in [1.82, 2.24) is 19.7 Å². The van der Waals surface area contributed by atoms with Gasteiger partial charge in [0.2, 0.25) is 5.13 Å². The zero-order valence-corrected chi connectivity index (χ0v) is 17.0. The average molecular weight is 404 g/mol. The van der Waals surface area contributed by atoms with Crippen LogP contribution in [0.25, 0.3) is 11.4 Å². The number of amides is 2. The standard InChI is InChI=1S/C18H21N5O2S2/c1-11(2)16-20-13(10-26-16)7-8-19-17(24)22-18-21-15(23-27-18)12-5-4-6-14(9-12)25-3/h4-6,9-11H,7-8H2,1-3H3,(H2,19,21,22,23,24). The van der Waals surface area contributed by atoms with E-state index in [1.165, 1.54) is 0 Å².